The molecule has 9 atom stereocenters. The number of carbonyl (C=O) groups is 2. The molecule has 66 heavy (non-hydrogen) atoms. The van der Waals surface area contributed by atoms with Crippen molar-refractivity contribution in [1.29, 1.82) is 0 Å². The number of nitrogen functional groups attached to an aromatic ring is 1. The number of unbranched alkanes of at least 4 members (excludes halogenated alkanes) is 9. The van der Waals surface area contributed by atoms with Gasteiger partial charge >= 0.3 is 33.3 Å². The molecule has 3 unspecified atom stereocenters. The van der Waals surface area contributed by atoms with Gasteiger partial charge < -0.3 is 45.1 Å². The number of phosphoric acid groups is 2. The van der Waals surface area contributed by atoms with Crippen LogP contribution in [-0.4, -0.2) is 96.9 Å². The third-order valence-electron chi connectivity index (χ3n) is 10.5. The Bertz CT molecular complexity index is 1820. The summed E-state index contributed by atoms with van der Waals surface area (Å²) in [6, 6.07) is 1.24. The number of aliphatic hydroxyl groups is 3. The molecule has 0 aromatic carbocycles. The highest BCUT2D eigenvalue weighted by atomic mass is 31.3. The fourth-order valence-electron chi connectivity index (χ4n) is 6.48. The van der Waals surface area contributed by atoms with Gasteiger partial charge in [-0.2, -0.15) is 9.29 Å². The van der Waals surface area contributed by atoms with Crippen molar-refractivity contribution < 1.29 is 71.4 Å². The molecule has 0 aliphatic carbocycles. The van der Waals surface area contributed by atoms with Gasteiger partial charge in [-0.1, -0.05) is 127 Å². The quantitative estimate of drug-likeness (QED) is 0.0125. The lowest BCUT2D eigenvalue weighted by atomic mass is 10.00. The Morgan fingerprint density at radius 2 is 1.55 bits per heavy atom. The van der Waals surface area contributed by atoms with Crippen molar-refractivity contribution in [1.82, 2.24) is 9.55 Å². The van der Waals surface area contributed by atoms with E-state index in [1.807, 2.05) is 36.5 Å². The molecule has 1 saturated heterocycles. The van der Waals surface area contributed by atoms with E-state index >= 15 is 0 Å². The number of rotatable bonds is 36. The van der Waals surface area contributed by atoms with Crippen molar-refractivity contribution in [3.05, 3.63) is 71.4 Å². The number of anilines is 1. The maximum Gasteiger partial charge on any atom is 0.481 e. The van der Waals surface area contributed by atoms with Crippen LogP contribution in [0.4, 0.5) is 5.82 Å². The van der Waals surface area contributed by atoms with E-state index in [1.54, 1.807) is 6.08 Å². The van der Waals surface area contributed by atoms with Crippen LogP contribution in [-0.2, 0) is 46.3 Å². The summed E-state index contributed by atoms with van der Waals surface area (Å²) in [6.45, 7) is 4.18. The first-order valence-corrected chi connectivity index (χ1v) is 26.1. The molecule has 7 N–H and O–H groups in total. The first-order valence-electron chi connectivity index (χ1n) is 23.2. The smallest absolute Gasteiger partial charge is 0.462 e. The van der Waals surface area contributed by atoms with Gasteiger partial charge in [-0.05, 0) is 56.9 Å². The van der Waals surface area contributed by atoms with E-state index in [-0.39, 0.29) is 18.7 Å². The van der Waals surface area contributed by atoms with E-state index in [0.29, 0.717) is 38.0 Å². The molecule has 2 heterocycles. The van der Waals surface area contributed by atoms with Crippen molar-refractivity contribution in [2.75, 3.05) is 25.6 Å². The Hall–Kier alpha value is -3.32. The van der Waals surface area contributed by atoms with E-state index in [9.17, 15) is 48.6 Å². The number of phosphoric ester groups is 2. The zero-order chi connectivity index (χ0) is 48.8. The second-order valence-corrected chi connectivity index (χ2v) is 19.4. The largest absolute Gasteiger partial charge is 0.481 e. The molecule has 0 saturated carbocycles. The summed E-state index contributed by atoms with van der Waals surface area (Å²) in [7, 11) is -10.9. The molecule has 2 rings (SSSR count). The van der Waals surface area contributed by atoms with Crippen LogP contribution in [0, 0.1) is 5.92 Å². The van der Waals surface area contributed by atoms with Crippen molar-refractivity contribution in [3.8, 4) is 0 Å². The number of allylic oxidation sites excluding steroid dienone is 6. The molecular formula is C45H75N3O16P2. The van der Waals surface area contributed by atoms with Crippen LogP contribution in [0.2, 0.25) is 0 Å². The summed E-state index contributed by atoms with van der Waals surface area (Å²) in [5, 5.41) is 30.9. The zero-order valence-corrected chi connectivity index (χ0v) is 40.5. The first-order chi connectivity index (χ1) is 31.5. The van der Waals surface area contributed by atoms with Gasteiger partial charge in [-0.15, -0.1) is 0 Å². The zero-order valence-electron chi connectivity index (χ0n) is 38.8. The van der Waals surface area contributed by atoms with Crippen molar-refractivity contribution in [3.63, 3.8) is 0 Å². The third kappa shape index (κ3) is 26.3. The second kappa shape index (κ2) is 33.2. The summed E-state index contributed by atoms with van der Waals surface area (Å²) in [5.41, 5.74) is 4.56. The molecule has 1 aliphatic rings. The van der Waals surface area contributed by atoms with Crippen LogP contribution in [0.25, 0.3) is 0 Å². The molecule has 1 aliphatic heterocycles. The average Bonchev–Trinajstić information content (AvgIpc) is 3.54. The van der Waals surface area contributed by atoms with Gasteiger partial charge in [0.25, 0.3) is 0 Å². The predicted molar refractivity (Wildman–Crippen MR) is 248 cm³/mol. The minimum absolute atomic E-state index is 0.0159. The summed E-state index contributed by atoms with van der Waals surface area (Å²) >= 11 is 0. The summed E-state index contributed by atoms with van der Waals surface area (Å²) in [4.78, 5) is 61.6. The normalized spacial score (nSPS) is 21.1. The van der Waals surface area contributed by atoms with Gasteiger partial charge in [0.1, 0.15) is 30.7 Å². The van der Waals surface area contributed by atoms with E-state index in [1.165, 1.54) is 25.3 Å². The molecule has 1 aromatic heterocycles. The predicted octanol–water partition coefficient (Wildman–Crippen LogP) is 7.43. The number of hydrogen-bond donors (Lipinski definition) is 6. The maximum absolute atomic E-state index is 12.8. The number of aliphatic hydroxyl groups excluding tert-OH is 3. The molecule has 376 valence electrons. The van der Waals surface area contributed by atoms with E-state index in [2.05, 4.69) is 36.1 Å². The Labute approximate surface area is 389 Å². The Morgan fingerprint density at radius 3 is 2.27 bits per heavy atom. The van der Waals surface area contributed by atoms with Crippen LogP contribution < -0.4 is 11.4 Å². The van der Waals surface area contributed by atoms with E-state index in [0.717, 1.165) is 62.1 Å². The lowest BCUT2D eigenvalue weighted by molar-refractivity contribution is -0.161. The number of ether oxygens (including phenoxy) is 3. The fourth-order valence-corrected chi connectivity index (χ4v) is 8.59. The molecule has 0 radical (unpaired) electrons. The van der Waals surface area contributed by atoms with Gasteiger partial charge in [-0.3, -0.25) is 23.2 Å². The van der Waals surface area contributed by atoms with Gasteiger partial charge in [0.05, 0.1) is 19.3 Å². The summed E-state index contributed by atoms with van der Waals surface area (Å²) < 4.78 is 56.4. The van der Waals surface area contributed by atoms with E-state index in [4.69, 9.17) is 29.0 Å². The second-order valence-electron chi connectivity index (χ2n) is 16.3. The minimum Gasteiger partial charge on any atom is -0.462 e. The van der Waals surface area contributed by atoms with Gasteiger partial charge in [0, 0.05) is 19.0 Å². The Balaban J connectivity index is 1.86. The monoisotopic (exact) mass is 975 g/mol. The number of nitrogens with zero attached hydrogens (tertiary/aromatic N) is 2. The molecule has 1 fully saturated rings. The highest BCUT2D eigenvalue weighted by Gasteiger charge is 2.46. The topological polar surface area (TPSA) is 286 Å². The number of esters is 2. The van der Waals surface area contributed by atoms with Crippen molar-refractivity contribution in [2.24, 2.45) is 5.92 Å². The highest BCUT2D eigenvalue weighted by Crippen LogP contribution is 2.60. The van der Waals surface area contributed by atoms with Gasteiger partial charge in [0.2, 0.25) is 0 Å². The molecular weight excluding hydrogens is 900 g/mol. The molecule has 0 bridgehead atoms. The molecule has 21 heteroatoms. The van der Waals surface area contributed by atoms with Crippen LogP contribution in [0.15, 0.2) is 65.7 Å². The first kappa shape index (κ1) is 58.8. The lowest BCUT2D eigenvalue weighted by Crippen LogP contribution is -2.36. The number of nitrogens with two attached hydrogens (primary N) is 1. The van der Waals surface area contributed by atoms with Crippen molar-refractivity contribution >= 4 is 33.4 Å². The Kier molecular flexibility index (Phi) is 29.6. The van der Waals surface area contributed by atoms with Crippen LogP contribution in [0.5, 0.6) is 0 Å². The van der Waals surface area contributed by atoms with Crippen molar-refractivity contribution in [2.45, 2.75) is 173 Å². The van der Waals surface area contributed by atoms with Crippen LogP contribution >= 0.6 is 15.6 Å². The molecule has 0 amide bonds. The van der Waals surface area contributed by atoms with Crippen LogP contribution in [0.1, 0.15) is 143 Å². The molecule has 1 aromatic rings. The SMILES string of the molecule is CCCCC/C=C\C=C/[C@@H](O)C/C=C\C/C=C/CCCC(=O)OC[C@H](COP(=O)(O)OP(=O)(O)OC[C@H]1O[C@@H](n2ccc(N)nc2=O)[C@H](O)[C@@H]1O)OC(=O)CCCCCCCCC(C)CC. The Morgan fingerprint density at radius 1 is 0.864 bits per heavy atom. The number of carbonyl (C=O) groups excluding carboxylic acids is 2. The fraction of sp³-hybridized carbons (Fsp3) is 0.689. The summed E-state index contributed by atoms with van der Waals surface area (Å²) in [5.74, 6) is -0.719. The minimum atomic E-state index is -5.44. The van der Waals surface area contributed by atoms with Gasteiger partial charge in [0.15, 0.2) is 12.3 Å². The average molecular weight is 976 g/mol. The number of aromatic nitrogens is 2. The third-order valence-corrected chi connectivity index (χ3v) is 13.1. The molecule has 19 nitrogen and oxygen atoms in total. The molecule has 0 spiro atoms. The van der Waals surface area contributed by atoms with E-state index < -0.39 is 89.8 Å². The lowest BCUT2D eigenvalue weighted by Gasteiger charge is -2.21. The summed E-state index contributed by atoms with van der Waals surface area (Å²) in [6.07, 6.45) is 22.7. The highest BCUT2D eigenvalue weighted by molar-refractivity contribution is 7.61. The van der Waals surface area contributed by atoms with Crippen LogP contribution in [0.3, 0.4) is 0 Å². The number of hydrogen-bond acceptors (Lipinski definition) is 16. The maximum atomic E-state index is 12.8. The van der Waals surface area contributed by atoms with Gasteiger partial charge in [-0.25, -0.2) is 13.9 Å². The standard InChI is InChI=1S/C45H75N3O16P2/c1-4-6-7-8-10-16-21-26-36(49)27-22-17-11-9-12-18-23-28-40(50)59-32-37(62-41(51)29-24-19-14-13-15-20-25-35(3)5-2)33-60-65(55,56)64-66(57,58)61-34-38-42(52)43(53)44(63-38)48-31-30-39(46)47-45(48)54/h9-10,12,16-17,21-22,26,30-31,35-38,42-44,49,52-53H,4-8,11,13-15,18-20,23-25,27-29,32-34H2,1-3H3,(H,55,56)(H,57,58)(H2,46,47,54)/b12-9+,16-10-,22-17-,26-21-/t35?,36-,37-,38-,42-,43-,44-/m1/s1.